The molecule has 1 aliphatic heterocycles. The van der Waals surface area contributed by atoms with Crippen molar-refractivity contribution in [1.82, 2.24) is 5.32 Å². The zero-order valence-electron chi connectivity index (χ0n) is 12.4. The van der Waals surface area contributed by atoms with Crippen molar-refractivity contribution in [3.8, 4) is 11.5 Å². The summed E-state index contributed by atoms with van der Waals surface area (Å²) in [6.45, 7) is 4.33. The van der Waals surface area contributed by atoms with Crippen molar-refractivity contribution in [3.63, 3.8) is 0 Å². The van der Waals surface area contributed by atoms with Crippen LogP contribution in [0.1, 0.15) is 37.8 Å². The molecule has 0 spiro atoms. The highest BCUT2D eigenvalue weighted by Crippen LogP contribution is 2.44. The Morgan fingerprint density at radius 1 is 0.810 bits per heavy atom. The van der Waals surface area contributed by atoms with Gasteiger partial charge in [-0.2, -0.15) is 0 Å². The quantitative estimate of drug-likeness (QED) is 0.789. The van der Waals surface area contributed by atoms with Gasteiger partial charge in [-0.15, -0.1) is 0 Å². The fourth-order valence-electron chi connectivity index (χ4n) is 3.37. The van der Waals surface area contributed by atoms with Crippen LogP contribution in [0.2, 0.25) is 0 Å². The molecule has 3 heteroatoms. The van der Waals surface area contributed by atoms with E-state index in [0.717, 1.165) is 24.0 Å². The van der Waals surface area contributed by atoms with Crippen molar-refractivity contribution in [3.05, 3.63) is 59.7 Å². The lowest BCUT2D eigenvalue weighted by atomic mass is 9.89. The van der Waals surface area contributed by atoms with E-state index in [0.29, 0.717) is 11.5 Å². The van der Waals surface area contributed by atoms with Gasteiger partial charge in [-0.1, -0.05) is 24.3 Å². The molecule has 2 aromatic carbocycles. The highest BCUT2D eigenvalue weighted by atomic mass is 16.3. The van der Waals surface area contributed by atoms with Crippen LogP contribution in [0.4, 0.5) is 0 Å². The van der Waals surface area contributed by atoms with E-state index >= 15 is 0 Å². The second-order valence-corrected chi connectivity index (χ2v) is 6.39. The van der Waals surface area contributed by atoms with Crippen LogP contribution in [-0.4, -0.2) is 10.2 Å². The lowest BCUT2D eigenvalue weighted by Gasteiger charge is -2.32. The molecule has 0 bridgehead atoms. The van der Waals surface area contributed by atoms with Crippen LogP contribution in [0.3, 0.4) is 0 Å². The van der Waals surface area contributed by atoms with Gasteiger partial charge in [0.25, 0.3) is 0 Å². The first-order valence-corrected chi connectivity index (χ1v) is 7.30. The monoisotopic (exact) mass is 283 g/mol. The van der Waals surface area contributed by atoms with E-state index in [-0.39, 0.29) is 11.1 Å². The summed E-state index contributed by atoms with van der Waals surface area (Å²) in [6.07, 6.45) is 1.95. The molecule has 1 saturated heterocycles. The Balaban J connectivity index is 1.94. The number of phenolic OH excluding ortho intramolecular Hbond substituents is 2. The van der Waals surface area contributed by atoms with Gasteiger partial charge < -0.3 is 10.2 Å². The van der Waals surface area contributed by atoms with E-state index < -0.39 is 0 Å². The largest absolute Gasteiger partial charge is 0.508 e. The summed E-state index contributed by atoms with van der Waals surface area (Å²) in [5.74, 6) is 0.586. The van der Waals surface area contributed by atoms with E-state index in [1.54, 1.807) is 12.1 Å². The second kappa shape index (κ2) is 4.78. The topological polar surface area (TPSA) is 52.5 Å². The molecule has 1 aliphatic rings. The number of hydrogen-bond acceptors (Lipinski definition) is 3. The number of nitrogens with one attached hydrogen (secondary N) is 1. The molecule has 3 N–H and O–H groups in total. The molecule has 2 aromatic rings. The first-order valence-electron chi connectivity index (χ1n) is 7.30. The molecule has 110 valence electrons. The van der Waals surface area contributed by atoms with Gasteiger partial charge in [0.2, 0.25) is 0 Å². The third kappa shape index (κ3) is 2.49. The fraction of sp³-hybridized carbons (Fsp3) is 0.333. The van der Waals surface area contributed by atoms with Gasteiger partial charge in [0, 0.05) is 11.1 Å². The molecule has 2 atom stereocenters. The van der Waals surface area contributed by atoms with Crippen molar-refractivity contribution in [2.24, 2.45) is 0 Å². The van der Waals surface area contributed by atoms with Gasteiger partial charge in [0.1, 0.15) is 11.5 Å². The predicted octanol–water partition coefficient (Wildman–Crippen LogP) is 3.61. The minimum Gasteiger partial charge on any atom is -0.508 e. The molecule has 3 nitrogen and oxygen atoms in total. The Bertz CT molecular complexity index is 612. The van der Waals surface area contributed by atoms with Crippen molar-refractivity contribution in [2.75, 3.05) is 0 Å². The van der Waals surface area contributed by atoms with Crippen molar-refractivity contribution < 1.29 is 10.2 Å². The van der Waals surface area contributed by atoms with Crippen LogP contribution < -0.4 is 5.32 Å². The van der Waals surface area contributed by atoms with E-state index in [4.69, 9.17) is 0 Å². The zero-order valence-corrected chi connectivity index (χ0v) is 12.4. The Kier molecular flexibility index (Phi) is 3.18. The smallest absolute Gasteiger partial charge is 0.115 e. The van der Waals surface area contributed by atoms with Gasteiger partial charge >= 0.3 is 0 Å². The van der Waals surface area contributed by atoms with Crippen LogP contribution in [0, 0.1) is 0 Å². The maximum atomic E-state index is 9.71. The standard InChI is InChI=1S/C18H21NO2/c1-17(13-5-3-7-15(20)11-13)9-10-18(2,19-17)14-6-4-8-16(21)12-14/h3-8,11-12,19-21H,9-10H2,1-2H3/t17-,18-/m0/s1. The minimum atomic E-state index is -0.182. The molecule has 1 fully saturated rings. The van der Waals surface area contributed by atoms with E-state index in [1.165, 1.54) is 0 Å². The average Bonchev–Trinajstić information content (AvgIpc) is 2.78. The van der Waals surface area contributed by atoms with Gasteiger partial charge in [0.05, 0.1) is 0 Å². The Morgan fingerprint density at radius 2 is 1.24 bits per heavy atom. The summed E-state index contributed by atoms with van der Waals surface area (Å²) in [6, 6.07) is 14.9. The number of benzene rings is 2. The van der Waals surface area contributed by atoms with E-state index in [2.05, 4.69) is 19.2 Å². The molecule has 0 unspecified atom stereocenters. The normalized spacial score (nSPS) is 28.7. The highest BCUT2D eigenvalue weighted by Gasteiger charge is 2.43. The van der Waals surface area contributed by atoms with Gasteiger partial charge in [-0.25, -0.2) is 0 Å². The van der Waals surface area contributed by atoms with Crippen LogP contribution in [0.5, 0.6) is 11.5 Å². The summed E-state index contributed by atoms with van der Waals surface area (Å²) in [4.78, 5) is 0. The van der Waals surface area contributed by atoms with Gasteiger partial charge in [-0.3, -0.25) is 5.32 Å². The Morgan fingerprint density at radius 3 is 1.62 bits per heavy atom. The molecule has 0 amide bonds. The lowest BCUT2D eigenvalue weighted by molar-refractivity contribution is 0.336. The summed E-state index contributed by atoms with van der Waals surface area (Å²) in [7, 11) is 0. The summed E-state index contributed by atoms with van der Waals surface area (Å²) in [5.41, 5.74) is 1.82. The van der Waals surface area contributed by atoms with Crippen LogP contribution >= 0.6 is 0 Å². The summed E-state index contributed by atoms with van der Waals surface area (Å²) < 4.78 is 0. The zero-order chi connectivity index (χ0) is 15.1. The second-order valence-electron chi connectivity index (χ2n) is 6.39. The highest BCUT2D eigenvalue weighted by molar-refractivity contribution is 5.37. The third-order valence-electron chi connectivity index (χ3n) is 4.64. The average molecular weight is 283 g/mol. The summed E-state index contributed by atoms with van der Waals surface area (Å²) >= 11 is 0. The van der Waals surface area contributed by atoms with Crippen molar-refractivity contribution in [1.29, 1.82) is 0 Å². The molecule has 0 radical (unpaired) electrons. The fourth-order valence-corrected chi connectivity index (χ4v) is 3.37. The van der Waals surface area contributed by atoms with Crippen LogP contribution in [0.25, 0.3) is 0 Å². The van der Waals surface area contributed by atoms with Gasteiger partial charge in [-0.05, 0) is 62.1 Å². The molecular formula is C18H21NO2. The molecule has 0 aromatic heterocycles. The number of hydrogen-bond donors (Lipinski definition) is 3. The van der Waals surface area contributed by atoms with Gasteiger partial charge in [0.15, 0.2) is 0 Å². The molecule has 21 heavy (non-hydrogen) atoms. The molecule has 0 saturated carbocycles. The van der Waals surface area contributed by atoms with E-state index in [9.17, 15) is 10.2 Å². The maximum absolute atomic E-state index is 9.71. The van der Waals surface area contributed by atoms with Crippen LogP contribution in [-0.2, 0) is 11.1 Å². The van der Waals surface area contributed by atoms with E-state index in [1.807, 2.05) is 36.4 Å². The number of phenols is 2. The maximum Gasteiger partial charge on any atom is 0.115 e. The van der Waals surface area contributed by atoms with Crippen molar-refractivity contribution >= 4 is 0 Å². The molecule has 0 aliphatic carbocycles. The SMILES string of the molecule is C[C@@]1(c2cccc(O)c2)CC[C@@](C)(c2cccc(O)c2)N1. The number of rotatable bonds is 2. The van der Waals surface area contributed by atoms with Crippen molar-refractivity contribution in [2.45, 2.75) is 37.8 Å². The lowest BCUT2D eigenvalue weighted by Crippen LogP contribution is -2.43. The number of aromatic hydroxyl groups is 2. The summed E-state index contributed by atoms with van der Waals surface area (Å²) in [5, 5.41) is 23.1. The first-order chi connectivity index (χ1) is 9.91. The molecular weight excluding hydrogens is 262 g/mol. The first kappa shape index (κ1) is 14.0. The minimum absolute atomic E-state index is 0.182. The van der Waals surface area contributed by atoms with Crippen LogP contribution in [0.15, 0.2) is 48.5 Å². The molecule has 3 rings (SSSR count). The molecule has 1 heterocycles. The Hall–Kier alpha value is -2.00. The third-order valence-corrected chi connectivity index (χ3v) is 4.64. The predicted molar refractivity (Wildman–Crippen MR) is 83.3 cm³/mol. The Labute approximate surface area is 125 Å².